The normalized spacial score (nSPS) is 17.1. The molecule has 35 heavy (non-hydrogen) atoms. The zero-order valence-electron chi connectivity index (χ0n) is 19.3. The third-order valence-electron chi connectivity index (χ3n) is 5.36. The van der Waals surface area contributed by atoms with Crippen molar-refractivity contribution in [2.75, 3.05) is 25.3 Å². The molecule has 1 aliphatic rings. The van der Waals surface area contributed by atoms with E-state index in [2.05, 4.69) is 16.7 Å². The average Bonchev–Trinajstić information content (AvgIpc) is 2.86. The molecule has 9 nitrogen and oxygen atoms in total. The van der Waals surface area contributed by atoms with E-state index in [1.807, 2.05) is 0 Å². The summed E-state index contributed by atoms with van der Waals surface area (Å²) in [5.41, 5.74) is 1.49. The summed E-state index contributed by atoms with van der Waals surface area (Å²) in [6.45, 7) is 1.43. The number of nitrogens with zero attached hydrogens (tertiary/aromatic N) is 1. The lowest BCUT2D eigenvalue weighted by Crippen LogP contribution is -2.44. The SMILES string of the molecule is COC(=O)[C@@H]1C(=O)NC(SCC(=O)Nc2cccc(C(C)=O)c2)=C(C#N)[C@H]1c1ccccc1OC. The summed E-state index contributed by atoms with van der Waals surface area (Å²) in [5.74, 6) is -3.98. The van der Waals surface area contributed by atoms with Crippen LogP contribution in [0.25, 0.3) is 0 Å². The number of Topliss-reactive ketones (excluding diaryl/α,β-unsaturated/α-hetero) is 1. The van der Waals surface area contributed by atoms with Crippen LogP contribution in [0, 0.1) is 17.2 Å². The van der Waals surface area contributed by atoms with E-state index in [0.717, 1.165) is 11.8 Å². The summed E-state index contributed by atoms with van der Waals surface area (Å²) in [4.78, 5) is 49.6. The molecule has 2 aromatic carbocycles. The summed E-state index contributed by atoms with van der Waals surface area (Å²) in [5, 5.41) is 15.4. The van der Waals surface area contributed by atoms with Crippen molar-refractivity contribution in [3.63, 3.8) is 0 Å². The van der Waals surface area contributed by atoms with Crippen LogP contribution in [0.2, 0.25) is 0 Å². The third-order valence-corrected chi connectivity index (χ3v) is 6.38. The molecule has 10 heteroatoms. The van der Waals surface area contributed by atoms with Gasteiger partial charge in [-0.1, -0.05) is 42.1 Å². The molecular weight excluding hydrogens is 470 g/mol. The number of nitriles is 1. The number of anilines is 1. The lowest BCUT2D eigenvalue weighted by atomic mass is 9.78. The highest BCUT2D eigenvalue weighted by atomic mass is 32.2. The summed E-state index contributed by atoms with van der Waals surface area (Å²) in [7, 11) is 2.62. The van der Waals surface area contributed by atoms with Gasteiger partial charge in [0.1, 0.15) is 11.7 Å². The number of carbonyl (C=O) groups is 4. The monoisotopic (exact) mass is 493 g/mol. The molecule has 180 valence electrons. The largest absolute Gasteiger partial charge is 0.496 e. The van der Waals surface area contributed by atoms with Crippen molar-refractivity contribution in [2.24, 2.45) is 5.92 Å². The fourth-order valence-corrected chi connectivity index (χ4v) is 4.58. The van der Waals surface area contributed by atoms with Crippen LogP contribution in [0.4, 0.5) is 5.69 Å². The van der Waals surface area contributed by atoms with E-state index in [1.54, 1.807) is 48.5 Å². The number of methoxy groups -OCH3 is 2. The van der Waals surface area contributed by atoms with Crippen LogP contribution in [-0.4, -0.2) is 43.5 Å². The molecule has 1 aliphatic heterocycles. The second-order valence-corrected chi connectivity index (χ2v) is 8.52. The Hall–Kier alpha value is -4.10. The van der Waals surface area contributed by atoms with E-state index in [4.69, 9.17) is 9.47 Å². The first-order chi connectivity index (χ1) is 16.8. The molecule has 0 spiro atoms. The van der Waals surface area contributed by atoms with Gasteiger partial charge >= 0.3 is 5.97 Å². The van der Waals surface area contributed by atoms with Gasteiger partial charge in [-0.3, -0.25) is 19.2 Å². The number of ketones is 1. The number of carbonyl (C=O) groups excluding carboxylic acids is 4. The molecule has 0 aromatic heterocycles. The average molecular weight is 494 g/mol. The van der Waals surface area contributed by atoms with Crippen molar-refractivity contribution in [3.8, 4) is 11.8 Å². The Bertz CT molecular complexity index is 1250. The number of rotatable bonds is 8. The number of hydrogen-bond acceptors (Lipinski definition) is 8. The first-order valence-corrected chi connectivity index (χ1v) is 11.5. The van der Waals surface area contributed by atoms with E-state index >= 15 is 0 Å². The number of benzene rings is 2. The van der Waals surface area contributed by atoms with E-state index in [-0.39, 0.29) is 22.1 Å². The van der Waals surface area contributed by atoms with Crippen molar-refractivity contribution in [2.45, 2.75) is 12.8 Å². The maximum atomic E-state index is 12.9. The second-order valence-electron chi connectivity index (χ2n) is 7.54. The Balaban J connectivity index is 1.91. The molecule has 3 rings (SSSR count). The summed E-state index contributed by atoms with van der Waals surface area (Å²) >= 11 is 0.958. The predicted molar refractivity (Wildman–Crippen MR) is 130 cm³/mol. The molecule has 0 saturated carbocycles. The minimum atomic E-state index is -1.31. The van der Waals surface area contributed by atoms with Gasteiger partial charge in [-0.05, 0) is 25.1 Å². The first kappa shape index (κ1) is 25.5. The van der Waals surface area contributed by atoms with Crippen molar-refractivity contribution in [3.05, 3.63) is 70.3 Å². The third kappa shape index (κ3) is 5.70. The maximum absolute atomic E-state index is 12.9. The number of para-hydroxylation sites is 1. The number of hydrogen-bond donors (Lipinski definition) is 2. The molecule has 0 unspecified atom stereocenters. The quantitative estimate of drug-likeness (QED) is 0.326. The minimum Gasteiger partial charge on any atom is -0.496 e. The highest BCUT2D eigenvalue weighted by Crippen LogP contribution is 2.43. The van der Waals surface area contributed by atoms with Gasteiger partial charge in [0.05, 0.1) is 36.6 Å². The van der Waals surface area contributed by atoms with Crippen molar-refractivity contribution in [1.29, 1.82) is 5.26 Å². The van der Waals surface area contributed by atoms with Crippen LogP contribution in [0.1, 0.15) is 28.8 Å². The van der Waals surface area contributed by atoms with E-state index in [0.29, 0.717) is 22.6 Å². The highest BCUT2D eigenvalue weighted by Gasteiger charge is 2.45. The smallest absolute Gasteiger partial charge is 0.319 e. The molecule has 0 saturated heterocycles. The lowest BCUT2D eigenvalue weighted by molar-refractivity contribution is -0.150. The number of ether oxygens (including phenoxy) is 2. The zero-order valence-corrected chi connectivity index (χ0v) is 20.1. The fraction of sp³-hybridized carbons (Fsp3) is 0.240. The van der Waals surface area contributed by atoms with Crippen LogP contribution in [-0.2, 0) is 19.1 Å². The minimum absolute atomic E-state index is 0.112. The molecule has 2 amide bonds. The van der Waals surface area contributed by atoms with Crippen molar-refractivity contribution in [1.82, 2.24) is 5.32 Å². The number of amides is 2. The molecule has 2 N–H and O–H groups in total. The Kier molecular flexibility index (Phi) is 8.28. The lowest BCUT2D eigenvalue weighted by Gasteiger charge is -2.31. The number of thioether (sulfide) groups is 1. The molecule has 0 aliphatic carbocycles. The van der Waals surface area contributed by atoms with E-state index < -0.39 is 29.6 Å². The van der Waals surface area contributed by atoms with Gasteiger partial charge in [-0.15, -0.1) is 0 Å². The molecule has 2 aromatic rings. The van der Waals surface area contributed by atoms with Crippen LogP contribution >= 0.6 is 11.8 Å². The van der Waals surface area contributed by atoms with Gasteiger partial charge in [-0.2, -0.15) is 5.26 Å². The Morgan fingerprint density at radius 1 is 1.14 bits per heavy atom. The van der Waals surface area contributed by atoms with Crippen LogP contribution in [0.5, 0.6) is 5.75 Å². The van der Waals surface area contributed by atoms with Gasteiger partial charge in [0.15, 0.2) is 5.78 Å². The van der Waals surface area contributed by atoms with Crippen molar-refractivity contribution < 1.29 is 28.7 Å². The summed E-state index contributed by atoms with van der Waals surface area (Å²) < 4.78 is 10.2. The van der Waals surface area contributed by atoms with E-state index in [9.17, 15) is 24.4 Å². The van der Waals surface area contributed by atoms with E-state index in [1.165, 1.54) is 21.1 Å². The molecule has 0 bridgehead atoms. The maximum Gasteiger partial charge on any atom is 0.319 e. The van der Waals surface area contributed by atoms with Crippen LogP contribution in [0.15, 0.2) is 59.1 Å². The number of nitrogens with one attached hydrogen (secondary N) is 2. The predicted octanol–water partition coefficient (Wildman–Crippen LogP) is 3.01. The summed E-state index contributed by atoms with van der Waals surface area (Å²) in [6, 6.07) is 15.4. The van der Waals surface area contributed by atoms with Gasteiger partial charge in [-0.25, -0.2) is 0 Å². The van der Waals surface area contributed by atoms with Gasteiger partial charge in [0.25, 0.3) is 0 Å². The fourth-order valence-electron chi connectivity index (χ4n) is 3.73. The van der Waals surface area contributed by atoms with Crippen LogP contribution in [0.3, 0.4) is 0 Å². The first-order valence-electron chi connectivity index (χ1n) is 10.5. The molecule has 1 heterocycles. The Labute approximate surface area is 206 Å². The number of allylic oxidation sites excluding steroid dienone is 1. The highest BCUT2D eigenvalue weighted by molar-refractivity contribution is 8.03. The summed E-state index contributed by atoms with van der Waals surface area (Å²) in [6.07, 6.45) is 0. The van der Waals surface area contributed by atoms with Crippen molar-refractivity contribution >= 4 is 41.0 Å². The molecular formula is C25H23N3O6S. The molecule has 2 atom stereocenters. The standard InChI is InChI=1S/C25H23N3O6S/c1-14(29)15-7-6-8-16(11-15)27-20(30)13-35-24-18(12-26)21(17-9-4-5-10-19(17)33-2)22(23(31)28-24)25(32)34-3/h4-11,21-22H,13H2,1-3H3,(H,27,30)(H,28,31)/t21-,22+/m1/s1. The topological polar surface area (TPSA) is 135 Å². The number of esters is 1. The van der Waals surface area contributed by atoms with Gasteiger partial charge in [0.2, 0.25) is 11.8 Å². The van der Waals surface area contributed by atoms with Crippen LogP contribution < -0.4 is 15.4 Å². The van der Waals surface area contributed by atoms with Gasteiger partial charge in [0, 0.05) is 22.7 Å². The molecule has 0 fully saturated rings. The second kappa shape index (κ2) is 11.4. The van der Waals surface area contributed by atoms with Gasteiger partial charge < -0.3 is 20.1 Å². The zero-order chi connectivity index (χ0) is 25.5. The Morgan fingerprint density at radius 2 is 1.89 bits per heavy atom. The Morgan fingerprint density at radius 3 is 2.54 bits per heavy atom. The molecule has 0 radical (unpaired) electrons.